The number of fused-ring (bicyclic) bond motifs is 1. The second kappa shape index (κ2) is 7.88. The molecule has 1 aliphatic rings. The van der Waals surface area contributed by atoms with Gasteiger partial charge < -0.3 is 16.5 Å². The van der Waals surface area contributed by atoms with Crippen molar-refractivity contribution in [3.8, 4) is 11.1 Å². The molecule has 0 bridgehead atoms. The predicted molar refractivity (Wildman–Crippen MR) is 121 cm³/mol. The minimum Gasteiger partial charge on any atom is -0.396 e. The molecule has 2 aromatic heterocycles. The lowest BCUT2D eigenvalue weighted by Gasteiger charge is -2.36. The predicted octanol–water partition coefficient (Wildman–Crippen LogP) is 2.86. The molecular formula is C23H24FN7. The van der Waals surface area contributed by atoms with Crippen molar-refractivity contribution in [2.75, 3.05) is 42.7 Å². The van der Waals surface area contributed by atoms with Crippen LogP contribution in [0.1, 0.15) is 5.56 Å². The zero-order chi connectivity index (χ0) is 21.4. The third kappa shape index (κ3) is 3.66. The number of anilines is 2. The summed E-state index contributed by atoms with van der Waals surface area (Å²) in [6.07, 6.45) is 3.43. The van der Waals surface area contributed by atoms with Gasteiger partial charge >= 0.3 is 0 Å². The lowest BCUT2D eigenvalue weighted by Crippen LogP contribution is -2.50. The van der Waals surface area contributed by atoms with E-state index in [4.69, 9.17) is 11.5 Å². The molecule has 3 heterocycles. The van der Waals surface area contributed by atoms with Crippen LogP contribution in [0.4, 0.5) is 15.9 Å². The van der Waals surface area contributed by atoms with Crippen molar-refractivity contribution in [3.63, 3.8) is 0 Å². The molecule has 0 saturated carbocycles. The SMILES string of the molecule is Nc1ccc(-c2cn(N3CCN(Cc4ccccc4)CC3)c3ncnc(N)c23)cc1F. The van der Waals surface area contributed by atoms with Crippen molar-refractivity contribution >= 4 is 22.5 Å². The monoisotopic (exact) mass is 417 g/mol. The molecule has 1 aliphatic heterocycles. The Hall–Kier alpha value is -3.65. The van der Waals surface area contributed by atoms with E-state index in [-0.39, 0.29) is 5.69 Å². The first-order valence-corrected chi connectivity index (χ1v) is 10.3. The highest BCUT2D eigenvalue weighted by Crippen LogP contribution is 2.34. The van der Waals surface area contributed by atoms with E-state index in [9.17, 15) is 4.39 Å². The quantitative estimate of drug-likeness (QED) is 0.497. The van der Waals surface area contributed by atoms with E-state index in [1.807, 2.05) is 16.9 Å². The first-order valence-electron chi connectivity index (χ1n) is 10.3. The molecule has 4 aromatic rings. The lowest BCUT2D eigenvalue weighted by molar-refractivity contribution is 0.233. The number of nitrogens with two attached hydrogens (primary N) is 2. The highest BCUT2D eigenvalue weighted by molar-refractivity contribution is 6.00. The van der Waals surface area contributed by atoms with E-state index in [0.717, 1.165) is 49.3 Å². The van der Waals surface area contributed by atoms with E-state index < -0.39 is 5.82 Å². The first kappa shape index (κ1) is 19.3. The normalized spacial score (nSPS) is 14.9. The standard InChI is InChI=1S/C23H24FN7/c24-19-12-17(6-7-20(19)25)18-14-31(23-21(18)22(26)27-15-28-23)30-10-8-29(9-11-30)13-16-4-2-1-3-5-16/h1-7,12,14-15H,8-11,13,25H2,(H2,26,27,28). The fourth-order valence-corrected chi connectivity index (χ4v) is 4.15. The van der Waals surface area contributed by atoms with Crippen molar-refractivity contribution < 1.29 is 4.39 Å². The number of aromatic nitrogens is 3. The van der Waals surface area contributed by atoms with Crippen LogP contribution in [0.2, 0.25) is 0 Å². The summed E-state index contributed by atoms with van der Waals surface area (Å²) in [5, 5.41) is 2.96. The zero-order valence-electron chi connectivity index (χ0n) is 17.1. The molecule has 0 atom stereocenters. The summed E-state index contributed by atoms with van der Waals surface area (Å²) < 4.78 is 16.2. The second-order valence-corrected chi connectivity index (χ2v) is 7.80. The Labute approximate surface area is 179 Å². The maximum atomic E-state index is 14.1. The summed E-state index contributed by atoms with van der Waals surface area (Å²) in [6.45, 7) is 4.49. The van der Waals surface area contributed by atoms with Gasteiger partial charge in [0, 0.05) is 44.5 Å². The van der Waals surface area contributed by atoms with Gasteiger partial charge in [-0.25, -0.2) is 19.0 Å². The fraction of sp³-hybridized carbons (Fsp3) is 0.217. The van der Waals surface area contributed by atoms with Gasteiger partial charge in [-0.15, -0.1) is 0 Å². The van der Waals surface area contributed by atoms with Crippen LogP contribution in [-0.2, 0) is 6.54 Å². The maximum absolute atomic E-state index is 14.1. The molecule has 158 valence electrons. The summed E-state index contributed by atoms with van der Waals surface area (Å²) in [5.41, 5.74) is 15.5. The molecule has 2 aromatic carbocycles. The summed E-state index contributed by atoms with van der Waals surface area (Å²) in [6, 6.07) is 15.3. The lowest BCUT2D eigenvalue weighted by atomic mass is 10.1. The molecule has 5 rings (SSSR count). The number of benzene rings is 2. The van der Waals surface area contributed by atoms with Gasteiger partial charge in [-0.05, 0) is 23.3 Å². The Morgan fingerprint density at radius 1 is 0.935 bits per heavy atom. The average molecular weight is 417 g/mol. The Kier molecular flexibility index (Phi) is 4.91. The van der Waals surface area contributed by atoms with Gasteiger partial charge in [0.2, 0.25) is 0 Å². The molecular weight excluding hydrogens is 393 g/mol. The summed E-state index contributed by atoms with van der Waals surface area (Å²) in [5.74, 6) is -0.0814. The number of piperazine rings is 1. The van der Waals surface area contributed by atoms with Gasteiger partial charge in [0.15, 0.2) is 5.65 Å². The number of nitrogens with zero attached hydrogens (tertiary/aromatic N) is 5. The van der Waals surface area contributed by atoms with Gasteiger partial charge in [0.05, 0.1) is 11.1 Å². The molecule has 0 amide bonds. The minimum atomic E-state index is -0.455. The Bertz CT molecular complexity index is 1210. The second-order valence-electron chi connectivity index (χ2n) is 7.80. The molecule has 8 heteroatoms. The molecule has 1 fully saturated rings. The van der Waals surface area contributed by atoms with Crippen LogP contribution in [0.5, 0.6) is 0 Å². The van der Waals surface area contributed by atoms with Gasteiger partial charge in [-0.2, -0.15) is 0 Å². The van der Waals surface area contributed by atoms with Crippen molar-refractivity contribution in [2.45, 2.75) is 6.54 Å². The van der Waals surface area contributed by atoms with Crippen LogP contribution >= 0.6 is 0 Å². The number of hydrogen-bond donors (Lipinski definition) is 2. The van der Waals surface area contributed by atoms with E-state index in [1.165, 1.54) is 18.0 Å². The highest BCUT2D eigenvalue weighted by atomic mass is 19.1. The molecule has 4 N–H and O–H groups in total. The van der Waals surface area contributed by atoms with E-state index in [1.54, 1.807) is 12.1 Å². The Balaban J connectivity index is 1.44. The van der Waals surface area contributed by atoms with Crippen LogP contribution in [0, 0.1) is 5.82 Å². The van der Waals surface area contributed by atoms with Gasteiger partial charge in [0.25, 0.3) is 0 Å². The smallest absolute Gasteiger partial charge is 0.164 e. The van der Waals surface area contributed by atoms with Crippen LogP contribution in [0.25, 0.3) is 22.2 Å². The molecule has 0 aliphatic carbocycles. The van der Waals surface area contributed by atoms with Crippen LogP contribution in [-0.4, -0.2) is 45.7 Å². The minimum absolute atomic E-state index is 0.117. The van der Waals surface area contributed by atoms with Gasteiger partial charge in [-0.3, -0.25) is 4.90 Å². The number of rotatable bonds is 4. The third-order valence-electron chi connectivity index (χ3n) is 5.81. The molecule has 1 saturated heterocycles. The maximum Gasteiger partial charge on any atom is 0.164 e. The van der Waals surface area contributed by atoms with Crippen molar-refractivity contribution in [1.29, 1.82) is 0 Å². The van der Waals surface area contributed by atoms with Gasteiger partial charge in [0.1, 0.15) is 18.0 Å². The fourth-order valence-electron chi connectivity index (χ4n) is 4.15. The zero-order valence-corrected chi connectivity index (χ0v) is 17.1. The first-order chi connectivity index (χ1) is 15.1. The molecule has 0 unspecified atom stereocenters. The summed E-state index contributed by atoms with van der Waals surface area (Å²) in [7, 11) is 0. The molecule has 31 heavy (non-hydrogen) atoms. The Morgan fingerprint density at radius 2 is 1.71 bits per heavy atom. The summed E-state index contributed by atoms with van der Waals surface area (Å²) >= 11 is 0. The van der Waals surface area contributed by atoms with Crippen LogP contribution in [0.3, 0.4) is 0 Å². The van der Waals surface area contributed by atoms with E-state index >= 15 is 0 Å². The number of nitrogen functional groups attached to an aromatic ring is 2. The van der Waals surface area contributed by atoms with Crippen molar-refractivity contribution in [1.82, 2.24) is 19.5 Å². The topological polar surface area (TPSA) is 89.2 Å². The molecule has 7 nitrogen and oxygen atoms in total. The highest BCUT2D eigenvalue weighted by Gasteiger charge is 2.22. The molecule has 0 radical (unpaired) electrons. The molecule has 0 spiro atoms. The summed E-state index contributed by atoms with van der Waals surface area (Å²) in [4.78, 5) is 11.1. The van der Waals surface area contributed by atoms with E-state index in [0.29, 0.717) is 11.4 Å². The average Bonchev–Trinajstić information content (AvgIpc) is 3.18. The third-order valence-corrected chi connectivity index (χ3v) is 5.81. The number of halogens is 1. The van der Waals surface area contributed by atoms with E-state index in [2.05, 4.69) is 44.1 Å². The largest absolute Gasteiger partial charge is 0.396 e. The number of hydrogen-bond acceptors (Lipinski definition) is 6. The van der Waals surface area contributed by atoms with Crippen molar-refractivity contribution in [2.24, 2.45) is 0 Å². The van der Waals surface area contributed by atoms with Crippen LogP contribution < -0.4 is 16.5 Å². The van der Waals surface area contributed by atoms with Gasteiger partial charge in [-0.1, -0.05) is 36.4 Å². The van der Waals surface area contributed by atoms with Crippen molar-refractivity contribution in [3.05, 3.63) is 72.4 Å². The van der Waals surface area contributed by atoms with Crippen LogP contribution in [0.15, 0.2) is 61.1 Å². The Morgan fingerprint density at radius 3 is 2.45 bits per heavy atom.